The van der Waals surface area contributed by atoms with Gasteiger partial charge in [0.1, 0.15) is 12.3 Å². The van der Waals surface area contributed by atoms with Crippen LogP contribution in [0.1, 0.15) is 72.7 Å². The Hall–Kier alpha value is -4.30. The van der Waals surface area contributed by atoms with Crippen molar-refractivity contribution in [2.24, 2.45) is 5.41 Å². The van der Waals surface area contributed by atoms with E-state index in [2.05, 4.69) is 22.2 Å². The zero-order valence-electron chi connectivity index (χ0n) is 28.7. The second-order valence-electron chi connectivity index (χ2n) is 13.8. The number of benzene rings is 4. The zero-order valence-corrected chi connectivity index (χ0v) is 31.6. The van der Waals surface area contributed by atoms with Crippen molar-refractivity contribution in [1.29, 1.82) is 0 Å². The summed E-state index contributed by atoms with van der Waals surface area (Å²) < 4.78 is 5.28. The number of nitrogens with zero attached hydrogens (tertiary/aromatic N) is 2. The molecule has 2 atom stereocenters. The first-order valence-corrected chi connectivity index (χ1v) is 16.9. The molecule has 50 heavy (non-hydrogen) atoms. The fourth-order valence-electron chi connectivity index (χ4n) is 6.97. The summed E-state index contributed by atoms with van der Waals surface area (Å²) in [5.74, 6) is -0.312. The summed E-state index contributed by atoms with van der Waals surface area (Å²) in [5.41, 5.74) is 9.36. The van der Waals surface area contributed by atoms with Crippen LogP contribution in [-0.2, 0) is 37.1 Å². The Bertz CT molecular complexity index is 1790. The number of rotatable bonds is 8. The number of anilines is 2. The summed E-state index contributed by atoms with van der Waals surface area (Å²) in [7, 11) is 0. The van der Waals surface area contributed by atoms with E-state index in [0.29, 0.717) is 23.4 Å². The molecule has 6 rings (SSSR count). The predicted molar refractivity (Wildman–Crippen MR) is 191 cm³/mol. The minimum absolute atomic E-state index is 0. The number of carbonyl (C=O) groups is 3. The zero-order chi connectivity index (χ0) is 34.4. The minimum atomic E-state index is -0.596. The standard InChI is InChI=1S/C40H43N4O5.W/c1-39(2,3)49-38(47)41-27-48-43-35-18-11-23-40(35)24-25-44(34-17-10-7-14-30(34)26-40)37(46)29-19-21-31(22-20-29)42-36(45)33-16-9-8-15-32(33)28-12-5-4-6-13-28;/h4-10,12-17,19-22,35H,11,18,23-27H2,1-3H3,(H,41,47)(H,42,45);/q-1;. The Morgan fingerprint density at radius 2 is 1.58 bits per heavy atom. The summed E-state index contributed by atoms with van der Waals surface area (Å²) in [5, 5.41) is 5.60. The van der Waals surface area contributed by atoms with Gasteiger partial charge < -0.3 is 25.3 Å². The number of ether oxygens (including phenoxy) is 1. The Labute approximate surface area is 308 Å². The monoisotopic (exact) mass is 843 g/mol. The van der Waals surface area contributed by atoms with Gasteiger partial charge in [0.05, 0.1) is 0 Å². The van der Waals surface area contributed by atoms with Gasteiger partial charge in [-0.15, -0.1) is 6.04 Å². The molecule has 0 radical (unpaired) electrons. The molecule has 1 spiro atoms. The van der Waals surface area contributed by atoms with E-state index in [1.165, 1.54) is 0 Å². The van der Waals surface area contributed by atoms with E-state index in [1.54, 1.807) is 45.0 Å². The molecular weight excluding hydrogens is 800 g/mol. The van der Waals surface area contributed by atoms with Gasteiger partial charge in [-0.2, -0.15) is 0 Å². The molecule has 0 saturated heterocycles. The molecule has 1 saturated carbocycles. The molecule has 10 heteroatoms. The maximum Gasteiger partial charge on any atom is 0.409 e. The van der Waals surface area contributed by atoms with Crippen molar-refractivity contribution in [3.05, 3.63) is 125 Å². The van der Waals surface area contributed by atoms with E-state index in [-0.39, 0.29) is 51.1 Å². The van der Waals surface area contributed by atoms with Crippen LogP contribution >= 0.6 is 0 Å². The first kappa shape index (κ1) is 37.0. The molecule has 4 aromatic rings. The molecule has 0 bridgehead atoms. The van der Waals surface area contributed by atoms with Crippen LogP contribution in [0.4, 0.5) is 16.2 Å². The van der Waals surface area contributed by atoms with Gasteiger partial charge in [-0.3, -0.25) is 14.9 Å². The predicted octanol–water partition coefficient (Wildman–Crippen LogP) is 8.52. The third kappa shape index (κ3) is 8.70. The maximum absolute atomic E-state index is 14.1. The van der Waals surface area contributed by atoms with Crippen molar-refractivity contribution in [2.75, 3.05) is 23.5 Å². The number of fused-ring (bicyclic) bond motifs is 1. The summed E-state index contributed by atoms with van der Waals surface area (Å²) >= 11 is 0. The fourth-order valence-corrected chi connectivity index (χ4v) is 6.97. The Kier molecular flexibility index (Phi) is 11.9. The first-order valence-electron chi connectivity index (χ1n) is 16.9. The molecule has 1 heterocycles. The first-order chi connectivity index (χ1) is 23.6. The van der Waals surface area contributed by atoms with Crippen molar-refractivity contribution < 1.29 is 45.0 Å². The molecule has 3 amide bonds. The second kappa shape index (κ2) is 16.1. The number of carbonyl (C=O) groups excluding carboxylic acids is 3. The third-order valence-corrected chi connectivity index (χ3v) is 9.29. The van der Waals surface area contributed by atoms with Crippen LogP contribution in [0.15, 0.2) is 103 Å². The quantitative estimate of drug-likeness (QED) is 0.105. The topological polar surface area (TPSA) is 111 Å². The van der Waals surface area contributed by atoms with Crippen molar-refractivity contribution in [1.82, 2.24) is 5.32 Å². The SMILES string of the molecule is CC(C)(C)OC(=O)NCO[N-]C1CCCC12CCN(C(=O)c1ccc(NC(=O)c3ccccc3-c3ccccc3)cc1)c1ccccc1C2.[W]. The average Bonchev–Trinajstić information content (AvgIpc) is 3.39. The van der Waals surface area contributed by atoms with E-state index in [9.17, 15) is 14.4 Å². The summed E-state index contributed by atoms with van der Waals surface area (Å²) in [4.78, 5) is 46.9. The van der Waals surface area contributed by atoms with E-state index in [1.807, 2.05) is 77.7 Å². The maximum atomic E-state index is 14.1. The van der Waals surface area contributed by atoms with Crippen molar-refractivity contribution >= 4 is 29.3 Å². The minimum Gasteiger partial charge on any atom is -0.530 e. The molecule has 0 aromatic heterocycles. The van der Waals surface area contributed by atoms with E-state index < -0.39 is 11.7 Å². The number of hydrogen-bond donors (Lipinski definition) is 2. The van der Waals surface area contributed by atoms with Crippen molar-refractivity contribution in [3.8, 4) is 11.1 Å². The van der Waals surface area contributed by atoms with Gasteiger partial charge >= 0.3 is 6.09 Å². The molecule has 1 fully saturated rings. The van der Waals surface area contributed by atoms with Crippen LogP contribution in [-0.4, -0.2) is 42.8 Å². The molecule has 1 aliphatic carbocycles. The smallest absolute Gasteiger partial charge is 0.409 e. The number of nitrogens with one attached hydrogen (secondary N) is 2. The summed E-state index contributed by atoms with van der Waals surface area (Å²) in [6.07, 6.45) is 3.85. The molecule has 2 unspecified atom stereocenters. The largest absolute Gasteiger partial charge is 0.530 e. The Morgan fingerprint density at radius 3 is 2.34 bits per heavy atom. The van der Waals surface area contributed by atoms with Crippen LogP contribution in [0.5, 0.6) is 0 Å². The van der Waals surface area contributed by atoms with Crippen LogP contribution in [0.2, 0.25) is 0 Å². The van der Waals surface area contributed by atoms with Gasteiger partial charge in [0.25, 0.3) is 11.8 Å². The van der Waals surface area contributed by atoms with Gasteiger partial charge in [0.2, 0.25) is 0 Å². The van der Waals surface area contributed by atoms with Gasteiger partial charge in [-0.1, -0.05) is 79.6 Å². The molecule has 1 aliphatic heterocycles. The molecule has 2 aliphatic rings. The van der Waals surface area contributed by atoms with Crippen LogP contribution in [0, 0.1) is 5.41 Å². The number of alkyl carbamates (subject to hydrolysis) is 1. The van der Waals surface area contributed by atoms with Crippen LogP contribution in [0.3, 0.4) is 0 Å². The van der Waals surface area contributed by atoms with E-state index >= 15 is 0 Å². The normalized spacial score (nSPS) is 18.4. The molecule has 4 aromatic carbocycles. The number of hydroxylamine groups is 1. The Morgan fingerprint density at radius 1 is 0.880 bits per heavy atom. The molecule has 9 nitrogen and oxygen atoms in total. The van der Waals surface area contributed by atoms with E-state index in [0.717, 1.165) is 54.5 Å². The van der Waals surface area contributed by atoms with Crippen molar-refractivity contribution in [3.63, 3.8) is 0 Å². The second-order valence-corrected chi connectivity index (χ2v) is 13.8. The number of para-hydroxylation sites is 1. The van der Waals surface area contributed by atoms with Crippen molar-refractivity contribution in [2.45, 2.75) is 64.5 Å². The Balaban J connectivity index is 0.00000486. The fraction of sp³-hybridized carbons (Fsp3) is 0.325. The van der Waals surface area contributed by atoms with Crippen LogP contribution in [0.25, 0.3) is 16.6 Å². The average molecular weight is 844 g/mol. The van der Waals surface area contributed by atoms with Gasteiger partial charge in [-0.05, 0) is 98.5 Å². The number of hydrogen-bond acceptors (Lipinski definition) is 5. The molecule has 2 N–H and O–H groups in total. The van der Waals surface area contributed by atoms with Crippen LogP contribution < -0.4 is 15.5 Å². The van der Waals surface area contributed by atoms with E-state index in [4.69, 9.17) is 9.57 Å². The van der Waals surface area contributed by atoms with Gasteiger partial charge in [-0.25, -0.2) is 4.79 Å². The summed E-state index contributed by atoms with van der Waals surface area (Å²) in [6.45, 7) is 5.88. The van der Waals surface area contributed by atoms with Gasteiger partial charge in [0.15, 0.2) is 0 Å². The van der Waals surface area contributed by atoms with Gasteiger partial charge in [0, 0.05) is 50.1 Å². The summed E-state index contributed by atoms with van der Waals surface area (Å²) in [6, 6.07) is 32.4. The molecular formula is C40H43N4O5W-. The molecule has 260 valence electrons. The third-order valence-electron chi connectivity index (χ3n) is 9.29. The number of amides is 3.